The number of hydrogen-bond donors (Lipinski definition) is 0. The first kappa shape index (κ1) is 83.4. The van der Waals surface area contributed by atoms with Crippen molar-refractivity contribution in [2.75, 3.05) is 106 Å². The summed E-state index contributed by atoms with van der Waals surface area (Å²) in [5, 5.41) is 0. The first-order valence-electron chi connectivity index (χ1n) is 35.1. The summed E-state index contributed by atoms with van der Waals surface area (Å²) in [6.07, 6.45) is 0. The van der Waals surface area contributed by atoms with Crippen LogP contribution in [0.3, 0.4) is 0 Å². The maximum absolute atomic E-state index is 7.04. The maximum atomic E-state index is 7.04. The SMILES string of the molecule is CC1c2cc(c(OCCO[Si](C)(C)C)cc2OCCO[Si](C)(C)C)C(C)c2cc(c(OCCO[Si](C)(C)C)cc2OCCO[Si](C)(C)C)C(C)c2cc(c(OCCO[Si](C)(C)C)cc2OCCO[Si](C)(C)C)C(C)c2cc1c(OCCO[Si](C)(C)C)cc2OCCO[Si](C)(C)C. The molecule has 0 radical (unpaired) electrons. The molecule has 1 aliphatic rings. The van der Waals surface area contributed by atoms with Gasteiger partial charge in [-0.15, -0.1) is 0 Å². The van der Waals surface area contributed by atoms with Gasteiger partial charge in [-0.05, 0) is 181 Å². The predicted octanol–water partition coefficient (Wildman–Crippen LogP) is 18.4. The molecule has 0 aromatic heterocycles. The molecule has 4 aromatic rings. The van der Waals surface area contributed by atoms with E-state index >= 15 is 0 Å². The molecule has 24 heteroatoms. The van der Waals surface area contributed by atoms with Crippen LogP contribution in [0.1, 0.15) is 95.9 Å². The Kier molecular flexibility index (Phi) is 31.3. The van der Waals surface area contributed by atoms with Gasteiger partial charge in [-0.3, -0.25) is 0 Å². The van der Waals surface area contributed by atoms with Gasteiger partial charge in [0, 0.05) is 92.4 Å². The van der Waals surface area contributed by atoms with Gasteiger partial charge in [0.25, 0.3) is 0 Å². The van der Waals surface area contributed by atoms with Gasteiger partial charge >= 0.3 is 0 Å². The molecule has 0 aliphatic heterocycles. The highest BCUT2D eigenvalue weighted by Gasteiger charge is 2.34. The number of rotatable bonds is 40. The topological polar surface area (TPSA) is 148 Å². The van der Waals surface area contributed by atoms with Gasteiger partial charge in [-0.25, -0.2) is 0 Å². The summed E-state index contributed by atoms with van der Waals surface area (Å²) >= 11 is 0. The Morgan fingerprint density at radius 2 is 0.281 bits per heavy atom. The molecule has 4 aromatic carbocycles. The van der Waals surface area contributed by atoms with Crippen molar-refractivity contribution >= 4 is 66.5 Å². The number of ether oxygens (including phenoxy) is 8. The van der Waals surface area contributed by atoms with Crippen LogP contribution in [0, 0.1) is 0 Å². The molecule has 96 heavy (non-hydrogen) atoms. The minimum atomic E-state index is -1.91. The molecule has 0 unspecified atom stereocenters. The second kappa shape index (κ2) is 36.0. The lowest BCUT2D eigenvalue weighted by molar-refractivity contribution is 0.201. The molecule has 5 rings (SSSR count). The van der Waals surface area contributed by atoms with Gasteiger partial charge in [0.1, 0.15) is 98.9 Å². The highest BCUT2D eigenvalue weighted by atomic mass is 28.4. The third kappa shape index (κ3) is 29.7. The zero-order valence-corrected chi connectivity index (χ0v) is 72.8. The molecule has 0 spiro atoms. The van der Waals surface area contributed by atoms with E-state index in [9.17, 15) is 0 Å². The normalized spacial score (nSPS) is 16.7. The molecule has 1 aliphatic carbocycles. The summed E-state index contributed by atoms with van der Waals surface area (Å²) < 4.78 is 108. The second-order valence-electron chi connectivity index (χ2n) is 33.1. The molecule has 0 atom stereocenters. The van der Waals surface area contributed by atoms with Crippen LogP contribution in [-0.4, -0.2) is 172 Å². The molecule has 0 saturated heterocycles. The molecule has 16 nitrogen and oxygen atoms in total. The molecule has 0 heterocycles. The average molecular weight is 1470 g/mol. The van der Waals surface area contributed by atoms with Gasteiger partial charge in [0.2, 0.25) is 0 Å². The molecule has 0 saturated carbocycles. The minimum absolute atomic E-state index is 0.325. The van der Waals surface area contributed by atoms with E-state index in [-0.39, 0.29) is 23.7 Å². The van der Waals surface area contributed by atoms with Crippen LogP contribution in [-0.2, 0) is 35.4 Å². The zero-order chi connectivity index (χ0) is 71.8. The zero-order valence-electron chi connectivity index (χ0n) is 64.8. The Hall–Kier alpha value is -3.30. The van der Waals surface area contributed by atoms with E-state index < -0.39 is 66.5 Å². The van der Waals surface area contributed by atoms with Gasteiger partial charge < -0.3 is 73.3 Å². The van der Waals surface area contributed by atoms with Crippen LogP contribution in [0.5, 0.6) is 46.0 Å². The van der Waals surface area contributed by atoms with Crippen molar-refractivity contribution in [3.05, 3.63) is 93.0 Å². The Labute approximate surface area is 589 Å². The Morgan fingerprint density at radius 1 is 0.177 bits per heavy atom. The standard InChI is InChI=1S/C72H128O16Si8/c1-53-57-45-59(67(75-31-39-83-91(11,12)13)49-65(57)73-29-37-81-89(5,6)7)54(2)61-47-63(71(79-35-43-87-95(23,24)25)51-69(61)77-33-41-85-93(17,18)19)56(4)64-48-62(70(78-34-42-86-94(20,21)22)52-72(64)80-36-44-88-96(26,27)28)55(3)60-46-58(53)66(74-30-38-82-90(8,9)10)50-68(60)76-32-40-84-92(14,15)16/h45-56H,29-44H2,1-28H3. The van der Waals surface area contributed by atoms with Crippen molar-refractivity contribution in [1.82, 2.24) is 0 Å². The summed E-state index contributed by atoms with van der Waals surface area (Å²) in [5.74, 6) is 4.04. The third-order valence-corrected chi connectivity index (χ3v) is 23.9. The Balaban J connectivity index is 2.03. The van der Waals surface area contributed by atoms with Crippen LogP contribution >= 0.6 is 0 Å². The summed E-state index contributed by atoms with van der Waals surface area (Å²) in [5.41, 5.74) is 7.53. The summed E-state index contributed by atoms with van der Waals surface area (Å²) in [7, 11) is -15.3. The molecular weight excluding hydrogens is 1350 g/mol. The lowest BCUT2D eigenvalue weighted by Gasteiger charge is -2.30. The molecular formula is C72H128O16Si8. The number of fused-ring (bicyclic) bond motifs is 8. The lowest BCUT2D eigenvalue weighted by Crippen LogP contribution is -2.28. The summed E-state index contributed by atoms with van der Waals surface area (Å²) in [6.45, 7) is 67.7. The van der Waals surface area contributed by atoms with E-state index in [2.05, 4.69) is 233 Å². The Morgan fingerprint density at radius 3 is 0.375 bits per heavy atom. The smallest absolute Gasteiger partial charge is 0.183 e. The van der Waals surface area contributed by atoms with E-state index in [4.69, 9.17) is 73.3 Å². The predicted molar refractivity (Wildman–Crippen MR) is 414 cm³/mol. The fourth-order valence-corrected chi connectivity index (χ4v) is 16.3. The second-order valence-corrected chi connectivity index (χ2v) is 69.2. The molecule has 0 amide bonds. The largest absolute Gasteiger partial charge is 0.491 e. The van der Waals surface area contributed by atoms with Crippen molar-refractivity contribution in [3.63, 3.8) is 0 Å². The third-order valence-electron chi connectivity index (χ3n) is 15.3. The van der Waals surface area contributed by atoms with Crippen molar-refractivity contribution in [2.24, 2.45) is 0 Å². The van der Waals surface area contributed by atoms with Gasteiger partial charge in [0.15, 0.2) is 66.5 Å². The van der Waals surface area contributed by atoms with E-state index in [0.717, 1.165) is 44.5 Å². The van der Waals surface area contributed by atoms with Gasteiger partial charge in [-0.2, -0.15) is 0 Å². The molecule has 8 bridgehead atoms. The first-order chi connectivity index (χ1) is 44.3. The van der Waals surface area contributed by atoms with E-state index in [1.54, 1.807) is 0 Å². The van der Waals surface area contributed by atoms with Crippen LogP contribution < -0.4 is 37.9 Å². The van der Waals surface area contributed by atoms with Crippen LogP contribution in [0.2, 0.25) is 157 Å². The molecule has 0 N–H and O–H groups in total. The fourth-order valence-electron chi connectivity index (χ4n) is 10.8. The van der Waals surface area contributed by atoms with Crippen molar-refractivity contribution in [3.8, 4) is 46.0 Å². The van der Waals surface area contributed by atoms with Gasteiger partial charge in [-0.1, -0.05) is 27.7 Å². The van der Waals surface area contributed by atoms with E-state index in [0.29, 0.717) is 152 Å². The van der Waals surface area contributed by atoms with Gasteiger partial charge in [0.05, 0.1) is 52.9 Å². The van der Waals surface area contributed by atoms with Crippen LogP contribution in [0.25, 0.3) is 0 Å². The highest BCUT2D eigenvalue weighted by Crippen LogP contribution is 2.51. The fraction of sp³-hybridized carbons (Fsp3) is 0.667. The van der Waals surface area contributed by atoms with Crippen LogP contribution in [0.4, 0.5) is 0 Å². The summed E-state index contributed by atoms with van der Waals surface area (Å²) in [6, 6.07) is 17.5. The molecule has 544 valence electrons. The van der Waals surface area contributed by atoms with Crippen LogP contribution in [0.15, 0.2) is 48.5 Å². The number of benzene rings is 4. The van der Waals surface area contributed by atoms with Crippen molar-refractivity contribution in [2.45, 2.75) is 208 Å². The number of hydrogen-bond acceptors (Lipinski definition) is 16. The first-order valence-corrected chi connectivity index (χ1v) is 62.4. The lowest BCUT2D eigenvalue weighted by atomic mass is 9.80. The Bertz CT molecular complexity index is 2470. The van der Waals surface area contributed by atoms with Crippen molar-refractivity contribution < 1.29 is 73.3 Å². The molecule has 0 fully saturated rings. The summed E-state index contributed by atoms with van der Waals surface area (Å²) in [4.78, 5) is 0. The van der Waals surface area contributed by atoms with Crippen molar-refractivity contribution in [1.29, 1.82) is 0 Å². The quantitative estimate of drug-likeness (QED) is 0.0307. The highest BCUT2D eigenvalue weighted by molar-refractivity contribution is 6.72. The monoisotopic (exact) mass is 1470 g/mol. The maximum Gasteiger partial charge on any atom is 0.183 e. The van der Waals surface area contributed by atoms with E-state index in [1.165, 1.54) is 0 Å². The van der Waals surface area contributed by atoms with E-state index in [1.807, 2.05) is 0 Å². The average Bonchev–Trinajstić information content (AvgIpc) is 0.764. The minimum Gasteiger partial charge on any atom is -0.491 e.